The Labute approximate surface area is 211 Å². The third-order valence-electron chi connectivity index (χ3n) is 5.56. The van der Waals surface area contributed by atoms with E-state index in [2.05, 4.69) is 21.2 Å². The molecule has 186 valence electrons. The Hall–Kier alpha value is -2.39. The number of hydrogen-bond donors (Lipinski definition) is 1. The van der Waals surface area contributed by atoms with Crippen molar-refractivity contribution in [3.05, 3.63) is 63.6 Å². The van der Waals surface area contributed by atoms with Crippen molar-refractivity contribution in [1.29, 1.82) is 0 Å². The first-order valence-corrected chi connectivity index (χ1v) is 13.9. The first-order chi connectivity index (χ1) is 15.9. The van der Waals surface area contributed by atoms with Gasteiger partial charge in [-0.15, -0.1) is 0 Å². The summed E-state index contributed by atoms with van der Waals surface area (Å²) in [4.78, 5) is 27.8. The quantitative estimate of drug-likeness (QED) is 0.424. The molecular weight excluding hydrogens is 518 g/mol. The summed E-state index contributed by atoms with van der Waals surface area (Å²) in [6, 6.07) is 12.1. The molecule has 0 spiro atoms. The first kappa shape index (κ1) is 27.9. The number of amides is 2. The number of hydrogen-bond acceptors (Lipinski definition) is 4. The summed E-state index contributed by atoms with van der Waals surface area (Å²) in [5.41, 5.74) is 3.03. The Kier molecular flexibility index (Phi) is 10.1. The standard InChI is InChI=1S/C25H34BrN3O4S/c1-6-7-14-27-25(31)20(4)28(16-21-9-11-22(26)12-10-21)24(30)17-29(34(5,32)33)23-13-8-18(2)15-19(23)3/h8-13,15,20H,6-7,14,16-17H2,1-5H3,(H,27,31). The molecule has 0 fully saturated rings. The molecular formula is C25H34BrN3O4S. The van der Waals surface area contributed by atoms with Crippen molar-refractivity contribution in [2.24, 2.45) is 0 Å². The van der Waals surface area contributed by atoms with Gasteiger partial charge in [0.15, 0.2) is 0 Å². The minimum atomic E-state index is -3.74. The molecule has 1 atom stereocenters. The monoisotopic (exact) mass is 551 g/mol. The molecule has 7 nitrogen and oxygen atoms in total. The summed E-state index contributed by atoms with van der Waals surface area (Å²) in [6.07, 6.45) is 2.86. The molecule has 0 aliphatic carbocycles. The Morgan fingerprint density at radius 1 is 1.09 bits per heavy atom. The molecule has 0 aliphatic rings. The van der Waals surface area contributed by atoms with E-state index >= 15 is 0 Å². The molecule has 0 saturated carbocycles. The predicted octanol–water partition coefficient (Wildman–Crippen LogP) is 4.17. The average molecular weight is 553 g/mol. The molecule has 1 unspecified atom stereocenters. The highest BCUT2D eigenvalue weighted by molar-refractivity contribution is 9.10. The molecule has 34 heavy (non-hydrogen) atoms. The van der Waals surface area contributed by atoms with Gasteiger partial charge in [0.05, 0.1) is 11.9 Å². The van der Waals surface area contributed by atoms with Crippen LogP contribution < -0.4 is 9.62 Å². The fourth-order valence-corrected chi connectivity index (χ4v) is 4.76. The van der Waals surface area contributed by atoms with Crippen molar-refractivity contribution in [2.75, 3.05) is 23.7 Å². The first-order valence-electron chi connectivity index (χ1n) is 11.3. The Morgan fingerprint density at radius 2 is 1.74 bits per heavy atom. The van der Waals surface area contributed by atoms with Gasteiger partial charge in [0, 0.05) is 17.6 Å². The Morgan fingerprint density at radius 3 is 2.29 bits per heavy atom. The van der Waals surface area contributed by atoms with Gasteiger partial charge in [-0.3, -0.25) is 13.9 Å². The van der Waals surface area contributed by atoms with Crippen LogP contribution in [-0.2, 0) is 26.2 Å². The lowest BCUT2D eigenvalue weighted by Crippen LogP contribution is -2.51. The maximum absolute atomic E-state index is 13.5. The maximum atomic E-state index is 13.5. The average Bonchev–Trinajstić information content (AvgIpc) is 2.76. The molecule has 2 amide bonds. The molecule has 2 rings (SSSR count). The van der Waals surface area contributed by atoms with Gasteiger partial charge in [0.2, 0.25) is 21.8 Å². The van der Waals surface area contributed by atoms with E-state index in [1.165, 1.54) is 4.90 Å². The van der Waals surface area contributed by atoms with Crippen molar-refractivity contribution in [3.63, 3.8) is 0 Å². The van der Waals surface area contributed by atoms with Gasteiger partial charge in [0.25, 0.3) is 0 Å². The second-order valence-corrected chi connectivity index (χ2v) is 11.4. The highest BCUT2D eigenvalue weighted by Gasteiger charge is 2.30. The highest BCUT2D eigenvalue weighted by Crippen LogP contribution is 2.24. The lowest BCUT2D eigenvalue weighted by Gasteiger charge is -2.32. The molecule has 0 aliphatic heterocycles. The summed E-state index contributed by atoms with van der Waals surface area (Å²) in [7, 11) is -3.74. The predicted molar refractivity (Wildman–Crippen MR) is 140 cm³/mol. The molecule has 0 saturated heterocycles. The molecule has 9 heteroatoms. The fraction of sp³-hybridized carbons (Fsp3) is 0.440. The van der Waals surface area contributed by atoms with Crippen LogP contribution in [0.3, 0.4) is 0 Å². The maximum Gasteiger partial charge on any atom is 0.244 e. The molecule has 2 aromatic rings. The van der Waals surface area contributed by atoms with Crippen LogP contribution in [-0.4, -0.2) is 50.5 Å². The van der Waals surface area contributed by atoms with Crippen LogP contribution in [0.15, 0.2) is 46.9 Å². The van der Waals surface area contributed by atoms with E-state index in [-0.39, 0.29) is 12.5 Å². The molecule has 0 heterocycles. The van der Waals surface area contributed by atoms with Crippen LogP contribution in [0.2, 0.25) is 0 Å². The van der Waals surface area contributed by atoms with Crippen molar-refractivity contribution < 1.29 is 18.0 Å². The Bertz CT molecular complexity index is 1100. The van der Waals surface area contributed by atoms with Crippen molar-refractivity contribution >= 4 is 43.5 Å². The van der Waals surface area contributed by atoms with Gasteiger partial charge in [0.1, 0.15) is 12.6 Å². The zero-order valence-corrected chi connectivity index (χ0v) is 22.9. The van der Waals surface area contributed by atoms with E-state index in [4.69, 9.17) is 0 Å². The molecule has 0 radical (unpaired) electrons. The van der Waals surface area contributed by atoms with Crippen molar-refractivity contribution in [1.82, 2.24) is 10.2 Å². The highest BCUT2D eigenvalue weighted by atomic mass is 79.9. The van der Waals surface area contributed by atoms with Crippen LogP contribution in [0.25, 0.3) is 0 Å². The van der Waals surface area contributed by atoms with E-state index in [1.807, 2.05) is 57.2 Å². The number of benzene rings is 2. The zero-order valence-electron chi connectivity index (χ0n) is 20.5. The molecule has 0 bridgehead atoms. The van der Waals surface area contributed by atoms with Gasteiger partial charge in [-0.05, 0) is 56.5 Å². The summed E-state index contributed by atoms with van der Waals surface area (Å²) in [5, 5.41) is 2.87. The van der Waals surface area contributed by atoms with Gasteiger partial charge in [-0.2, -0.15) is 0 Å². The second-order valence-electron chi connectivity index (χ2n) is 8.53. The zero-order chi connectivity index (χ0) is 25.5. The van der Waals surface area contributed by atoms with Crippen LogP contribution in [0.4, 0.5) is 5.69 Å². The van der Waals surface area contributed by atoms with Crippen LogP contribution in [0.5, 0.6) is 0 Å². The van der Waals surface area contributed by atoms with Crippen molar-refractivity contribution in [3.8, 4) is 0 Å². The number of carbonyl (C=O) groups is 2. The van der Waals surface area contributed by atoms with Crippen LogP contribution in [0, 0.1) is 13.8 Å². The summed E-state index contributed by atoms with van der Waals surface area (Å²) in [6.45, 7) is 7.74. The number of rotatable bonds is 11. The molecule has 1 N–H and O–H groups in total. The lowest BCUT2D eigenvalue weighted by atomic mass is 10.1. The smallest absolute Gasteiger partial charge is 0.244 e. The topological polar surface area (TPSA) is 86.8 Å². The number of nitrogens with one attached hydrogen (secondary N) is 1. The third-order valence-corrected chi connectivity index (χ3v) is 7.22. The van der Waals surface area contributed by atoms with E-state index in [0.717, 1.165) is 44.6 Å². The number of carbonyl (C=O) groups excluding carboxylic acids is 2. The van der Waals surface area contributed by atoms with Gasteiger partial charge >= 0.3 is 0 Å². The second kappa shape index (κ2) is 12.4. The summed E-state index contributed by atoms with van der Waals surface area (Å²) in [5.74, 6) is -0.720. The van der Waals surface area contributed by atoms with Crippen LogP contribution >= 0.6 is 15.9 Å². The van der Waals surface area contributed by atoms with E-state index in [1.54, 1.807) is 13.0 Å². The van der Waals surface area contributed by atoms with Gasteiger partial charge in [-0.1, -0.05) is 59.1 Å². The number of halogens is 1. The molecule has 2 aromatic carbocycles. The van der Waals surface area contributed by atoms with E-state index < -0.39 is 28.5 Å². The minimum Gasteiger partial charge on any atom is -0.354 e. The SMILES string of the molecule is CCCCNC(=O)C(C)N(Cc1ccc(Br)cc1)C(=O)CN(c1ccc(C)cc1C)S(C)(=O)=O. The Balaban J connectivity index is 2.37. The normalized spacial score (nSPS) is 12.2. The third kappa shape index (κ3) is 7.84. The summed E-state index contributed by atoms with van der Waals surface area (Å²) >= 11 is 3.40. The molecule has 0 aromatic heterocycles. The minimum absolute atomic E-state index is 0.180. The number of nitrogens with zero attached hydrogens (tertiary/aromatic N) is 2. The summed E-state index contributed by atoms with van der Waals surface area (Å²) < 4.78 is 27.4. The largest absolute Gasteiger partial charge is 0.354 e. The number of anilines is 1. The van der Waals surface area contributed by atoms with Crippen LogP contribution in [0.1, 0.15) is 43.4 Å². The van der Waals surface area contributed by atoms with Crippen molar-refractivity contribution in [2.45, 2.75) is 53.1 Å². The van der Waals surface area contributed by atoms with Gasteiger partial charge in [-0.25, -0.2) is 8.42 Å². The van der Waals surface area contributed by atoms with E-state index in [9.17, 15) is 18.0 Å². The number of unbranched alkanes of at least 4 members (excludes halogenated alkanes) is 1. The number of aryl methyl sites for hydroxylation is 2. The van der Waals surface area contributed by atoms with E-state index in [0.29, 0.717) is 12.2 Å². The van der Waals surface area contributed by atoms with Gasteiger partial charge < -0.3 is 10.2 Å². The fourth-order valence-electron chi connectivity index (χ4n) is 3.59. The number of sulfonamides is 1. The lowest BCUT2D eigenvalue weighted by molar-refractivity contribution is -0.139.